The molecule has 47 heavy (non-hydrogen) atoms. The van der Waals surface area contributed by atoms with Crippen molar-refractivity contribution < 1.29 is 54.6 Å². The number of esters is 1. The van der Waals surface area contributed by atoms with Gasteiger partial charge in [-0.2, -0.15) is 0 Å². The summed E-state index contributed by atoms with van der Waals surface area (Å²) in [5, 5.41) is 70.0. The number of carbonyl (C=O) groups is 4. The minimum absolute atomic E-state index is 0.0217. The average Bonchev–Trinajstić information content (AvgIpc) is 2.95. The number of benzene rings is 1. The number of hydrogen-bond donors (Lipinski definition) is 6. The third-order valence-corrected chi connectivity index (χ3v) is 11.5. The fraction of sp³-hybridized carbons (Fsp3) is 0.600. The number of fused-ring (bicyclic) bond motifs is 3. The number of carboxylic acid groups (broad SMARTS) is 2. The van der Waals surface area contributed by atoms with Crippen molar-refractivity contribution in [2.75, 3.05) is 14.1 Å². The Morgan fingerprint density at radius 2 is 1.55 bits per heavy atom. The summed E-state index contributed by atoms with van der Waals surface area (Å²) in [6.07, 6.45) is -6.36. The van der Waals surface area contributed by atoms with E-state index in [2.05, 4.69) is 6.58 Å². The van der Waals surface area contributed by atoms with Gasteiger partial charge in [0, 0.05) is 29.2 Å². The Morgan fingerprint density at radius 1 is 1.00 bits per heavy atom. The highest BCUT2D eigenvalue weighted by molar-refractivity contribution is 5.98. The van der Waals surface area contributed by atoms with Gasteiger partial charge in [0.1, 0.15) is 29.0 Å². The maximum atomic E-state index is 13.5. The number of Topliss-reactive ketones (excluding diaryl/α,β-unsaturated/α-hetero) is 1. The Kier molecular flexibility index (Phi) is 9.48. The molecule has 0 radical (unpaired) electrons. The van der Waals surface area contributed by atoms with E-state index in [9.17, 15) is 49.8 Å². The smallest absolute Gasteiger partial charge is 0.308 e. The first-order valence-corrected chi connectivity index (χ1v) is 15.7. The quantitative estimate of drug-likeness (QED) is 0.168. The number of ketones is 1. The van der Waals surface area contributed by atoms with E-state index in [4.69, 9.17) is 4.74 Å². The van der Waals surface area contributed by atoms with Crippen LogP contribution in [-0.2, 0) is 23.9 Å². The molecule has 2 bridgehead atoms. The van der Waals surface area contributed by atoms with E-state index in [1.165, 1.54) is 27.7 Å². The van der Waals surface area contributed by atoms with E-state index in [1.807, 2.05) is 49.3 Å². The standard InChI is InChI=1S/C35H47NO11/c1-19-23(37)16-35(46)31(3,4)28(19)30(43)34(45,18-26(40)41)32(5)14-13-24(20(2)29(32)33(35,44)17-25(38)39)47-27(42)15-22(36(6)7)21-11-9-8-10-12-21/h8-12,22,24,29-30,43-46H,2,13-18H2,1,3-7H3,(H,38,39)(H,40,41)/t22?,24-,29+,30+,32+,33-,34-,35-/m0/s1. The molecule has 0 spiro atoms. The van der Waals surface area contributed by atoms with Crippen molar-refractivity contribution in [1.29, 1.82) is 0 Å². The SMILES string of the molecule is C=C1[C@@H](OC(=O)CC(c2ccccc2)N(C)C)CC[C@]2(C)[C@@H]1[C@@](O)(CC(=O)O)[C@]1(O)CC(=O)C(C)=C([C@@H](O)[C@@]2(O)CC(=O)O)C1(C)C. The van der Waals surface area contributed by atoms with E-state index in [0.717, 1.165) is 5.56 Å². The number of aliphatic carboxylic acids is 2. The van der Waals surface area contributed by atoms with Gasteiger partial charge in [0.25, 0.3) is 0 Å². The predicted molar refractivity (Wildman–Crippen MR) is 169 cm³/mol. The summed E-state index contributed by atoms with van der Waals surface area (Å²) in [5.74, 6) is -6.08. The van der Waals surface area contributed by atoms with Crippen molar-refractivity contribution >= 4 is 23.7 Å². The predicted octanol–water partition coefficient (Wildman–Crippen LogP) is 2.40. The molecule has 1 aromatic rings. The van der Waals surface area contributed by atoms with Crippen molar-refractivity contribution in [1.82, 2.24) is 4.90 Å². The summed E-state index contributed by atoms with van der Waals surface area (Å²) in [6, 6.07) is 8.91. The molecule has 2 saturated carbocycles. The summed E-state index contributed by atoms with van der Waals surface area (Å²) < 4.78 is 5.93. The molecule has 3 aliphatic rings. The molecule has 12 heteroatoms. The lowest BCUT2D eigenvalue weighted by Crippen LogP contribution is -2.78. The van der Waals surface area contributed by atoms with Gasteiger partial charge >= 0.3 is 17.9 Å². The van der Waals surface area contributed by atoms with Gasteiger partial charge in [-0.1, -0.05) is 57.7 Å². The van der Waals surface area contributed by atoms with Crippen LogP contribution in [0.3, 0.4) is 0 Å². The highest BCUT2D eigenvalue weighted by Crippen LogP contribution is 2.67. The van der Waals surface area contributed by atoms with Crippen LogP contribution in [0.25, 0.3) is 0 Å². The number of ether oxygens (including phenoxy) is 1. The lowest BCUT2D eigenvalue weighted by Gasteiger charge is -2.68. The zero-order valence-electron chi connectivity index (χ0n) is 27.8. The van der Waals surface area contributed by atoms with Crippen molar-refractivity contribution in [2.24, 2.45) is 16.7 Å². The molecule has 1 aromatic carbocycles. The highest BCUT2D eigenvalue weighted by atomic mass is 16.5. The number of hydrogen-bond acceptors (Lipinski definition) is 10. The van der Waals surface area contributed by atoms with Gasteiger partial charge < -0.3 is 40.3 Å². The normalized spacial score (nSPS) is 35.9. The molecule has 12 nitrogen and oxygen atoms in total. The van der Waals surface area contributed by atoms with E-state index in [-0.39, 0.29) is 42.0 Å². The summed E-state index contributed by atoms with van der Waals surface area (Å²) >= 11 is 0. The van der Waals surface area contributed by atoms with Crippen LogP contribution in [0.5, 0.6) is 0 Å². The summed E-state index contributed by atoms with van der Waals surface area (Å²) in [6.45, 7) is 9.73. The van der Waals surface area contributed by atoms with Gasteiger partial charge in [-0.25, -0.2) is 0 Å². The number of nitrogens with zero attached hydrogens (tertiary/aromatic N) is 1. The van der Waals surface area contributed by atoms with E-state index in [1.54, 1.807) is 0 Å². The molecule has 6 N–H and O–H groups in total. The van der Waals surface area contributed by atoms with Crippen LogP contribution >= 0.6 is 0 Å². The number of carboxylic acids is 2. The molecule has 1 unspecified atom stereocenters. The maximum Gasteiger partial charge on any atom is 0.308 e. The third-order valence-electron chi connectivity index (χ3n) is 11.5. The van der Waals surface area contributed by atoms with E-state index >= 15 is 0 Å². The molecule has 0 amide bonds. The molecule has 3 aliphatic carbocycles. The van der Waals surface area contributed by atoms with Crippen LogP contribution in [0, 0.1) is 16.7 Å². The average molecular weight is 658 g/mol. The van der Waals surface area contributed by atoms with Crippen LogP contribution < -0.4 is 0 Å². The summed E-state index contributed by atoms with van der Waals surface area (Å²) in [4.78, 5) is 53.6. The lowest BCUT2D eigenvalue weighted by atomic mass is 9.40. The minimum atomic E-state index is -2.77. The molecule has 0 heterocycles. The molecule has 0 aromatic heterocycles. The highest BCUT2D eigenvalue weighted by Gasteiger charge is 2.76. The number of rotatable bonds is 9. The number of aliphatic hydroxyl groups excluding tert-OH is 1. The van der Waals surface area contributed by atoms with Crippen LogP contribution in [0.2, 0.25) is 0 Å². The van der Waals surface area contributed by atoms with Crippen molar-refractivity contribution in [2.45, 2.75) is 101 Å². The Bertz CT molecular complexity index is 1500. The second-order valence-corrected chi connectivity index (χ2v) is 14.6. The topological polar surface area (TPSA) is 202 Å². The number of carbonyl (C=O) groups excluding carboxylic acids is 2. The Labute approximate surface area is 274 Å². The number of aliphatic hydroxyl groups is 4. The molecule has 8 atom stereocenters. The fourth-order valence-corrected chi connectivity index (χ4v) is 8.90. The van der Waals surface area contributed by atoms with Gasteiger partial charge in [-0.15, -0.1) is 0 Å². The zero-order chi connectivity index (χ0) is 35.5. The first-order chi connectivity index (χ1) is 21.6. The minimum Gasteiger partial charge on any atom is -0.481 e. The number of allylic oxidation sites excluding steroid dienone is 1. The first-order valence-electron chi connectivity index (χ1n) is 15.7. The molecule has 0 aliphatic heterocycles. The van der Waals surface area contributed by atoms with Crippen molar-refractivity contribution in [3.05, 3.63) is 59.2 Å². The molecular weight excluding hydrogens is 610 g/mol. The largest absolute Gasteiger partial charge is 0.481 e. The van der Waals surface area contributed by atoms with E-state index in [0.29, 0.717) is 0 Å². The van der Waals surface area contributed by atoms with Gasteiger partial charge in [0.15, 0.2) is 5.78 Å². The van der Waals surface area contributed by atoms with Crippen LogP contribution in [-0.4, -0.2) is 102 Å². The maximum absolute atomic E-state index is 13.5. The zero-order valence-corrected chi connectivity index (χ0v) is 27.8. The van der Waals surface area contributed by atoms with Gasteiger partial charge in [0.05, 0.1) is 19.3 Å². The Balaban J connectivity index is 1.90. The monoisotopic (exact) mass is 657 g/mol. The fourth-order valence-electron chi connectivity index (χ4n) is 8.90. The van der Waals surface area contributed by atoms with Crippen LogP contribution in [0.15, 0.2) is 53.6 Å². The summed E-state index contributed by atoms with van der Waals surface area (Å²) in [7, 11) is 3.62. The van der Waals surface area contributed by atoms with Gasteiger partial charge in [-0.3, -0.25) is 19.2 Å². The molecule has 258 valence electrons. The van der Waals surface area contributed by atoms with Crippen molar-refractivity contribution in [3.8, 4) is 0 Å². The second-order valence-electron chi connectivity index (χ2n) is 14.6. The van der Waals surface area contributed by atoms with Crippen LogP contribution in [0.1, 0.15) is 77.8 Å². The first kappa shape index (κ1) is 36.4. The van der Waals surface area contributed by atoms with E-state index < -0.39 is 88.7 Å². The lowest BCUT2D eigenvalue weighted by molar-refractivity contribution is -0.289. The van der Waals surface area contributed by atoms with Crippen molar-refractivity contribution in [3.63, 3.8) is 0 Å². The molecule has 4 rings (SSSR count). The molecule has 0 saturated heterocycles. The van der Waals surface area contributed by atoms with Gasteiger partial charge in [0.2, 0.25) is 0 Å². The Hall–Kier alpha value is -3.42. The third kappa shape index (κ3) is 5.53. The summed E-state index contributed by atoms with van der Waals surface area (Å²) in [5.41, 5.74) is -11.0. The molecular formula is C35H47NO11. The van der Waals surface area contributed by atoms with Gasteiger partial charge in [-0.05, 0) is 56.1 Å². The molecule has 2 fully saturated rings. The Morgan fingerprint density at radius 3 is 2.09 bits per heavy atom. The van der Waals surface area contributed by atoms with Crippen LogP contribution in [0.4, 0.5) is 0 Å². The second kappa shape index (κ2) is 12.2.